The van der Waals surface area contributed by atoms with Crippen molar-refractivity contribution >= 4 is 5.91 Å². The van der Waals surface area contributed by atoms with Crippen molar-refractivity contribution in [1.82, 2.24) is 10.2 Å². The Morgan fingerprint density at radius 1 is 1.16 bits per heavy atom. The standard InChI is InChI=1S/C16H24N2O/c1-3-16(4-2,14-8-6-5-7-9-14)15(19)18-12-10-17-11-13-18/h5-9,17H,3-4,10-13H2,1-2H3. The second-order valence-corrected chi connectivity index (χ2v) is 5.20. The predicted molar refractivity (Wildman–Crippen MR) is 78.2 cm³/mol. The molecule has 3 nitrogen and oxygen atoms in total. The first-order chi connectivity index (χ1) is 9.24. The maximum absolute atomic E-state index is 13.0. The van der Waals surface area contributed by atoms with Crippen LogP contribution < -0.4 is 5.32 Å². The molecule has 0 unspecified atom stereocenters. The molecule has 1 N–H and O–H groups in total. The van der Waals surface area contributed by atoms with Gasteiger partial charge in [0, 0.05) is 26.2 Å². The molecule has 0 saturated carbocycles. The van der Waals surface area contributed by atoms with Gasteiger partial charge in [-0.05, 0) is 18.4 Å². The summed E-state index contributed by atoms with van der Waals surface area (Å²) < 4.78 is 0. The highest BCUT2D eigenvalue weighted by Crippen LogP contribution is 2.33. The quantitative estimate of drug-likeness (QED) is 0.900. The lowest BCUT2D eigenvalue weighted by Crippen LogP contribution is -2.53. The van der Waals surface area contributed by atoms with E-state index in [1.54, 1.807) is 0 Å². The molecule has 104 valence electrons. The molecule has 0 spiro atoms. The first-order valence-corrected chi connectivity index (χ1v) is 7.30. The van der Waals surface area contributed by atoms with Crippen LogP contribution in [-0.2, 0) is 10.2 Å². The normalized spacial score (nSPS) is 16.4. The molecule has 1 aliphatic heterocycles. The Balaban J connectivity index is 2.30. The van der Waals surface area contributed by atoms with E-state index in [2.05, 4.69) is 31.3 Å². The van der Waals surface area contributed by atoms with Gasteiger partial charge in [0.15, 0.2) is 0 Å². The molecule has 19 heavy (non-hydrogen) atoms. The Hall–Kier alpha value is -1.35. The molecular formula is C16H24N2O. The highest BCUT2D eigenvalue weighted by molar-refractivity contribution is 5.88. The van der Waals surface area contributed by atoms with Crippen LogP contribution in [0.25, 0.3) is 0 Å². The van der Waals surface area contributed by atoms with Crippen molar-refractivity contribution in [3.63, 3.8) is 0 Å². The first kappa shape index (κ1) is 14.1. The Morgan fingerprint density at radius 3 is 2.26 bits per heavy atom. The zero-order valence-corrected chi connectivity index (χ0v) is 12.0. The van der Waals surface area contributed by atoms with Crippen LogP contribution in [0.15, 0.2) is 30.3 Å². The molecule has 1 fully saturated rings. The van der Waals surface area contributed by atoms with Gasteiger partial charge < -0.3 is 10.2 Å². The smallest absolute Gasteiger partial charge is 0.233 e. The molecule has 1 aliphatic rings. The predicted octanol–water partition coefficient (Wildman–Crippen LogP) is 2.18. The number of carbonyl (C=O) groups excluding carboxylic acids is 1. The van der Waals surface area contributed by atoms with Gasteiger partial charge >= 0.3 is 0 Å². The lowest BCUT2D eigenvalue weighted by molar-refractivity contribution is -0.138. The summed E-state index contributed by atoms with van der Waals surface area (Å²) in [6.45, 7) is 7.71. The van der Waals surface area contributed by atoms with Crippen molar-refractivity contribution in [2.45, 2.75) is 32.1 Å². The van der Waals surface area contributed by atoms with E-state index >= 15 is 0 Å². The van der Waals surface area contributed by atoms with Crippen molar-refractivity contribution in [2.75, 3.05) is 26.2 Å². The summed E-state index contributed by atoms with van der Waals surface area (Å²) in [5.74, 6) is 0.296. The molecule has 1 saturated heterocycles. The summed E-state index contributed by atoms with van der Waals surface area (Å²) in [4.78, 5) is 15.0. The third kappa shape index (κ3) is 2.66. The monoisotopic (exact) mass is 260 g/mol. The minimum Gasteiger partial charge on any atom is -0.339 e. The number of hydrogen-bond acceptors (Lipinski definition) is 2. The van der Waals surface area contributed by atoms with Crippen LogP contribution in [-0.4, -0.2) is 37.0 Å². The second kappa shape index (κ2) is 6.20. The van der Waals surface area contributed by atoms with E-state index in [-0.39, 0.29) is 5.41 Å². The van der Waals surface area contributed by atoms with Crippen molar-refractivity contribution in [2.24, 2.45) is 0 Å². The van der Waals surface area contributed by atoms with Crippen molar-refractivity contribution in [3.8, 4) is 0 Å². The average molecular weight is 260 g/mol. The van der Waals surface area contributed by atoms with E-state index in [0.717, 1.165) is 44.6 Å². The van der Waals surface area contributed by atoms with Gasteiger partial charge in [0.05, 0.1) is 5.41 Å². The summed E-state index contributed by atoms with van der Waals surface area (Å²) in [5.41, 5.74) is 0.807. The van der Waals surface area contributed by atoms with Crippen molar-refractivity contribution < 1.29 is 4.79 Å². The second-order valence-electron chi connectivity index (χ2n) is 5.20. The zero-order chi connectivity index (χ0) is 13.7. The summed E-state index contributed by atoms with van der Waals surface area (Å²) in [5, 5.41) is 3.30. The number of rotatable bonds is 4. The third-order valence-electron chi connectivity index (χ3n) is 4.35. The van der Waals surface area contributed by atoms with Gasteiger partial charge in [-0.1, -0.05) is 44.2 Å². The van der Waals surface area contributed by atoms with Crippen LogP contribution in [0.3, 0.4) is 0 Å². The van der Waals surface area contributed by atoms with Gasteiger partial charge in [-0.3, -0.25) is 4.79 Å². The topological polar surface area (TPSA) is 32.3 Å². The largest absolute Gasteiger partial charge is 0.339 e. The molecule has 0 atom stereocenters. The molecular weight excluding hydrogens is 236 g/mol. The number of nitrogens with one attached hydrogen (secondary N) is 1. The van der Waals surface area contributed by atoms with Crippen molar-refractivity contribution in [1.29, 1.82) is 0 Å². The molecule has 0 radical (unpaired) electrons. The average Bonchev–Trinajstić information content (AvgIpc) is 2.51. The van der Waals surface area contributed by atoms with Crippen molar-refractivity contribution in [3.05, 3.63) is 35.9 Å². The van der Waals surface area contributed by atoms with E-state index in [9.17, 15) is 4.79 Å². The van der Waals surface area contributed by atoms with Crippen LogP contribution >= 0.6 is 0 Å². The summed E-state index contributed by atoms with van der Waals surface area (Å²) in [6.07, 6.45) is 1.71. The Bertz CT molecular complexity index is 406. The zero-order valence-electron chi connectivity index (χ0n) is 12.0. The number of hydrogen-bond donors (Lipinski definition) is 1. The number of amides is 1. The van der Waals surface area contributed by atoms with Crippen LogP contribution in [0.1, 0.15) is 32.3 Å². The van der Waals surface area contributed by atoms with Crippen LogP contribution in [0.2, 0.25) is 0 Å². The van der Waals surface area contributed by atoms with E-state index in [1.807, 2.05) is 23.1 Å². The molecule has 1 aromatic carbocycles. The van der Waals surface area contributed by atoms with Gasteiger partial charge in [0.2, 0.25) is 5.91 Å². The SMILES string of the molecule is CCC(CC)(C(=O)N1CCNCC1)c1ccccc1. The molecule has 0 bridgehead atoms. The Kier molecular flexibility index (Phi) is 4.59. The minimum absolute atomic E-state index is 0.296. The van der Waals surface area contributed by atoms with Gasteiger partial charge in [-0.15, -0.1) is 0 Å². The lowest BCUT2D eigenvalue weighted by Gasteiger charge is -2.38. The summed E-state index contributed by atoms with van der Waals surface area (Å²) in [6, 6.07) is 10.2. The minimum atomic E-state index is -0.349. The van der Waals surface area contributed by atoms with E-state index < -0.39 is 0 Å². The molecule has 1 aromatic rings. The Labute approximate surface area is 116 Å². The fraction of sp³-hybridized carbons (Fsp3) is 0.562. The van der Waals surface area contributed by atoms with Gasteiger partial charge in [0.1, 0.15) is 0 Å². The van der Waals surface area contributed by atoms with Crippen LogP contribution in [0.5, 0.6) is 0 Å². The highest BCUT2D eigenvalue weighted by atomic mass is 16.2. The first-order valence-electron chi connectivity index (χ1n) is 7.30. The summed E-state index contributed by atoms with van der Waals surface area (Å²) in [7, 11) is 0. The number of piperazine rings is 1. The molecule has 1 amide bonds. The number of benzene rings is 1. The van der Waals surface area contributed by atoms with Crippen LogP contribution in [0, 0.1) is 0 Å². The van der Waals surface area contributed by atoms with E-state index in [1.165, 1.54) is 0 Å². The van der Waals surface area contributed by atoms with Crippen LogP contribution in [0.4, 0.5) is 0 Å². The van der Waals surface area contributed by atoms with Gasteiger partial charge in [0.25, 0.3) is 0 Å². The highest BCUT2D eigenvalue weighted by Gasteiger charge is 2.39. The molecule has 0 aromatic heterocycles. The maximum atomic E-state index is 13.0. The fourth-order valence-corrected chi connectivity index (χ4v) is 3.01. The summed E-state index contributed by atoms with van der Waals surface area (Å²) >= 11 is 0. The molecule has 1 heterocycles. The fourth-order valence-electron chi connectivity index (χ4n) is 3.01. The molecule has 3 heteroatoms. The molecule has 2 rings (SSSR count). The van der Waals surface area contributed by atoms with E-state index in [0.29, 0.717) is 5.91 Å². The van der Waals surface area contributed by atoms with Gasteiger partial charge in [-0.2, -0.15) is 0 Å². The molecule has 0 aliphatic carbocycles. The lowest BCUT2D eigenvalue weighted by atomic mass is 9.74. The maximum Gasteiger partial charge on any atom is 0.233 e. The number of nitrogens with zero attached hydrogens (tertiary/aromatic N) is 1. The number of carbonyl (C=O) groups is 1. The Morgan fingerprint density at radius 2 is 1.74 bits per heavy atom. The van der Waals surface area contributed by atoms with E-state index in [4.69, 9.17) is 0 Å². The third-order valence-corrected chi connectivity index (χ3v) is 4.35. The van der Waals surface area contributed by atoms with Gasteiger partial charge in [-0.25, -0.2) is 0 Å².